The van der Waals surface area contributed by atoms with Crippen LogP contribution in [0.4, 0.5) is 0 Å². The van der Waals surface area contributed by atoms with Crippen molar-refractivity contribution < 1.29 is 9.53 Å². The molecular formula is C24H27NO2. The zero-order valence-electron chi connectivity index (χ0n) is 15.9. The van der Waals surface area contributed by atoms with Crippen molar-refractivity contribution in [3.05, 3.63) is 59.7 Å². The third-order valence-electron chi connectivity index (χ3n) is 7.08. The Morgan fingerprint density at radius 1 is 0.852 bits per heavy atom. The number of carbonyl (C=O) groups is 1. The highest BCUT2D eigenvalue weighted by Gasteiger charge is 2.51. The molecular weight excluding hydrogens is 334 g/mol. The quantitative estimate of drug-likeness (QED) is 0.802. The minimum Gasteiger partial charge on any atom is -0.457 e. The molecule has 1 amide bonds. The van der Waals surface area contributed by atoms with E-state index in [0.717, 1.165) is 29.3 Å². The molecule has 0 saturated heterocycles. The zero-order chi connectivity index (χ0) is 18.4. The number of amides is 1. The van der Waals surface area contributed by atoms with Gasteiger partial charge in [0.15, 0.2) is 0 Å². The van der Waals surface area contributed by atoms with Crippen molar-refractivity contribution in [2.45, 2.75) is 43.9 Å². The number of benzene rings is 2. The second-order valence-corrected chi connectivity index (χ2v) is 8.93. The fourth-order valence-corrected chi connectivity index (χ4v) is 6.30. The van der Waals surface area contributed by atoms with Gasteiger partial charge >= 0.3 is 0 Å². The van der Waals surface area contributed by atoms with Crippen molar-refractivity contribution in [2.24, 2.45) is 17.8 Å². The van der Waals surface area contributed by atoms with Crippen LogP contribution in [0.1, 0.15) is 54.4 Å². The minimum absolute atomic E-state index is 0.0820. The molecule has 2 aromatic carbocycles. The largest absolute Gasteiger partial charge is 0.457 e. The van der Waals surface area contributed by atoms with E-state index in [2.05, 4.69) is 29.6 Å². The van der Waals surface area contributed by atoms with Crippen LogP contribution in [0.25, 0.3) is 0 Å². The zero-order valence-corrected chi connectivity index (χ0v) is 15.9. The fraction of sp³-hybridized carbons (Fsp3) is 0.458. The van der Waals surface area contributed by atoms with Gasteiger partial charge in [-0.15, -0.1) is 0 Å². The van der Waals surface area contributed by atoms with Crippen LogP contribution in [0.2, 0.25) is 0 Å². The molecule has 0 spiro atoms. The van der Waals surface area contributed by atoms with E-state index in [1.54, 1.807) is 19.2 Å². The Kier molecular flexibility index (Phi) is 3.99. The summed E-state index contributed by atoms with van der Waals surface area (Å²) in [5.74, 6) is 4.42. The van der Waals surface area contributed by atoms with E-state index in [-0.39, 0.29) is 5.91 Å². The van der Waals surface area contributed by atoms with Crippen LogP contribution in [0, 0.1) is 17.8 Å². The van der Waals surface area contributed by atoms with Crippen LogP contribution < -0.4 is 10.1 Å². The molecule has 4 fully saturated rings. The SMILES string of the molecule is CNC(=O)c1ccc(Oc2ccc(C34CC5CC(CC(C5)C3)C4)cc2)cc1. The topological polar surface area (TPSA) is 38.3 Å². The highest BCUT2D eigenvalue weighted by Crippen LogP contribution is 2.60. The van der Waals surface area contributed by atoms with Gasteiger partial charge in [0.25, 0.3) is 5.91 Å². The molecule has 0 atom stereocenters. The van der Waals surface area contributed by atoms with Gasteiger partial charge in [0, 0.05) is 12.6 Å². The standard InChI is InChI=1S/C24H27NO2/c1-25-23(26)19-2-6-21(7-3-19)27-22-8-4-20(5-9-22)24-13-16-10-17(14-24)12-18(11-16)15-24/h2-9,16-18H,10-15H2,1H3,(H,25,26). The van der Waals surface area contributed by atoms with Crippen molar-refractivity contribution in [1.82, 2.24) is 5.32 Å². The molecule has 0 heterocycles. The molecule has 3 nitrogen and oxygen atoms in total. The van der Waals surface area contributed by atoms with E-state index in [9.17, 15) is 4.79 Å². The van der Waals surface area contributed by atoms with Gasteiger partial charge in [-0.25, -0.2) is 0 Å². The van der Waals surface area contributed by atoms with Crippen LogP contribution in [-0.2, 0) is 5.41 Å². The third-order valence-corrected chi connectivity index (χ3v) is 7.08. The molecule has 4 bridgehead atoms. The number of nitrogens with one attached hydrogen (secondary N) is 1. The van der Waals surface area contributed by atoms with Crippen LogP contribution in [0.5, 0.6) is 11.5 Å². The normalized spacial score (nSPS) is 30.9. The maximum atomic E-state index is 11.6. The Morgan fingerprint density at radius 2 is 1.33 bits per heavy atom. The molecule has 0 aliphatic heterocycles. The first-order chi connectivity index (χ1) is 13.1. The van der Waals surface area contributed by atoms with Crippen LogP contribution >= 0.6 is 0 Å². The summed E-state index contributed by atoms with van der Waals surface area (Å²) in [4.78, 5) is 11.6. The lowest BCUT2D eigenvalue weighted by atomic mass is 9.48. The van der Waals surface area contributed by atoms with Gasteiger partial charge < -0.3 is 10.1 Å². The highest BCUT2D eigenvalue weighted by molar-refractivity contribution is 5.94. The van der Waals surface area contributed by atoms with E-state index in [1.807, 2.05) is 12.1 Å². The van der Waals surface area contributed by atoms with Crippen molar-refractivity contribution >= 4 is 5.91 Å². The third kappa shape index (κ3) is 3.03. The van der Waals surface area contributed by atoms with E-state index in [0.29, 0.717) is 11.0 Å². The van der Waals surface area contributed by atoms with E-state index < -0.39 is 0 Å². The average molecular weight is 361 g/mol. The van der Waals surface area contributed by atoms with Gasteiger partial charge in [-0.2, -0.15) is 0 Å². The summed E-state index contributed by atoms with van der Waals surface area (Å²) in [6, 6.07) is 16.1. The Labute approximate surface area is 161 Å². The maximum absolute atomic E-state index is 11.6. The number of rotatable bonds is 4. The van der Waals surface area contributed by atoms with Crippen LogP contribution in [-0.4, -0.2) is 13.0 Å². The Bertz CT molecular complexity index is 802. The lowest BCUT2D eigenvalue weighted by Gasteiger charge is -2.57. The van der Waals surface area contributed by atoms with Gasteiger partial charge in [-0.1, -0.05) is 12.1 Å². The molecule has 140 valence electrons. The number of carbonyl (C=O) groups excluding carboxylic acids is 1. The predicted octanol–water partition coefficient (Wildman–Crippen LogP) is 5.31. The average Bonchev–Trinajstić information content (AvgIpc) is 2.67. The monoisotopic (exact) mass is 361 g/mol. The first-order valence-electron chi connectivity index (χ1n) is 10.2. The van der Waals surface area contributed by atoms with Gasteiger partial charge in [0.2, 0.25) is 0 Å². The second-order valence-electron chi connectivity index (χ2n) is 8.93. The lowest BCUT2D eigenvalue weighted by Crippen LogP contribution is -2.48. The molecule has 27 heavy (non-hydrogen) atoms. The first-order valence-corrected chi connectivity index (χ1v) is 10.2. The Hall–Kier alpha value is -2.29. The van der Waals surface area contributed by atoms with Gasteiger partial charge in [-0.05, 0) is 104 Å². The van der Waals surface area contributed by atoms with Gasteiger partial charge in [0.1, 0.15) is 11.5 Å². The molecule has 4 aliphatic carbocycles. The summed E-state index contributed by atoms with van der Waals surface area (Å²) in [5.41, 5.74) is 2.59. The highest BCUT2D eigenvalue weighted by atomic mass is 16.5. The molecule has 3 heteroatoms. The molecule has 1 N–H and O–H groups in total. The van der Waals surface area contributed by atoms with Crippen LogP contribution in [0.3, 0.4) is 0 Å². The second kappa shape index (κ2) is 6.40. The van der Waals surface area contributed by atoms with Gasteiger partial charge in [-0.3, -0.25) is 4.79 Å². The smallest absolute Gasteiger partial charge is 0.251 e. The Balaban J connectivity index is 1.31. The summed E-state index contributed by atoms with van der Waals surface area (Å²) in [6.07, 6.45) is 8.60. The van der Waals surface area contributed by atoms with E-state index >= 15 is 0 Å². The van der Waals surface area contributed by atoms with Crippen molar-refractivity contribution in [2.75, 3.05) is 7.05 Å². The van der Waals surface area contributed by atoms with Crippen molar-refractivity contribution in [3.8, 4) is 11.5 Å². The van der Waals surface area contributed by atoms with Crippen molar-refractivity contribution in [1.29, 1.82) is 0 Å². The number of hydrogen-bond donors (Lipinski definition) is 1. The number of ether oxygens (including phenoxy) is 1. The molecule has 0 radical (unpaired) electrons. The number of hydrogen-bond acceptors (Lipinski definition) is 2. The van der Waals surface area contributed by atoms with Crippen LogP contribution in [0.15, 0.2) is 48.5 Å². The lowest BCUT2D eigenvalue weighted by molar-refractivity contribution is -0.00520. The molecule has 0 aromatic heterocycles. The van der Waals surface area contributed by atoms with E-state index in [4.69, 9.17) is 4.74 Å². The van der Waals surface area contributed by atoms with Crippen molar-refractivity contribution in [3.63, 3.8) is 0 Å². The fourth-order valence-electron chi connectivity index (χ4n) is 6.30. The molecule has 4 aliphatic rings. The molecule has 4 saturated carbocycles. The summed E-state index contributed by atoms with van der Waals surface area (Å²) < 4.78 is 5.99. The summed E-state index contributed by atoms with van der Waals surface area (Å²) in [5, 5.41) is 2.63. The predicted molar refractivity (Wildman–Crippen MR) is 106 cm³/mol. The minimum atomic E-state index is -0.0820. The van der Waals surface area contributed by atoms with E-state index in [1.165, 1.54) is 44.1 Å². The molecule has 6 rings (SSSR count). The van der Waals surface area contributed by atoms with Gasteiger partial charge in [0.05, 0.1) is 0 Å². The summed E-state index contributed by atoms with van der Waals surface area (Å²) >= 11 is 0. The summed E-state index contributed by atoms with van der Waals surface area (Å²) in [7, 11) is 1.64. The maximum Gasteiger partial charge on any atom is 0.251 e. The molecule has 2 aromatic rings. The first kappa shape index (κ1) is 16.9. The molecule has 0 unspecified atom stereocenters. The summed E-state index contributed by atoms with van der Waals surface area (Å²) in [6.45, 7) is 0. The Morgan fingerprint density at radius 3 is 1.81 bits per heavy atom.